The molecule has 1 aromatic carbocycles. The molecule has 0 bridgehead atoms. The first-order valence-corrected chi connectivity index (χ1v) is 4.69. The van der Waals surface area contributed by atoms with Gasteiger partial charge in [0, 0.05) is 17.0 Å². The van der Waals surface area contributed by atoms with Crippen molar-refractivity contribution in [2.45, 2.75) is 20.3 Å². The Balaban J connectivity index is 2.83. The summed E-state index contributed by atoms with van der Waals surface area (Å²) >= 11 is 0. The van der Waals surface area contributed by atoms with Crippen molar-refractivity contribution in [1.82, 2.24) is 0 Å². The predicted octanol–water partition coefficient (Wildman–Crippen LogP) is 3.31. The summed E-state index contributed by atoms with van der Waals surface area (Å²) in [6.07, 6.45) is 0.842. The number of allylic oxidation sites excluding steroid dienone is 2. The number of rotatable bonds is 3. The SMILES string of the molecule is CC/C(Nc1ccccc1)=C(/C)C#N. The Morgan fingerprint density at radius 2 is 2.00 bits per heavy atom. The van der Waals surface area contributed by atoms with Crippen molar-refractivity contribution in [1.29, 1.82) is 5.26 Å². The number of nitrogens with one attached hydrogen (secondary N) is 1. The molecule has 0 radical (unpaired) electrons. The first kappa shape index (κ1) is 10.3. The van der Waals surface area contributed by atoms with Crippen LogP contribution in [-0.4, -0.2) is 0 Å². The van der Waals surface area contributed by atoms with Crippen LogP contribution in [0.1, 0.15) is 20.3 Å². The smallest absolute Gasteiger partial charge is 0.0962 e. The number of benzene rings is 1. The number of anilines is 1. The fraction of sp³-hybridized carbons (Fsp3) is 0.250. The van der Waals surface area contributed by atoms with Crippen LogP contribution in [0.5, 0.6) is 0 Å². The van der Waals surface area contributed by atoms with Gasteiger partial charge < -0.3 is 5.32 Å². The fourth-order valence-corrected chi connectivity index (χ4v) is 1.21. The second kappa shape index (κ2) is 5.08. The van der Waals surface area contributed by atoms with E-state index in [-0.39, 0.29) is 0 Å². The van der Waals surface area contributed by atoms with Gasteiger partial charge in [-0.2, -0.15) is 5.26 Å². The molecular weight excluding hydrogens is 172 g/mol. The first-order valence-electron chi connectivity index (χ1n) is 4.69. The summed E-state index contributed by atoms with van der Waals surface area (Å²) < 4.78 is 0. The van der Waals surface area contributed by atoms with Crippen LogP contribution < -0.4 is 5.32 Å². The molecule has 0 saturated carbocycles. The summed E-state index contributed by atoms with van der Waals surface area (Å²) in [5.74, 6) is 0. The van der Waals surface area contributed by atoms with E-state index in [0.29, 0.717) is 0 Å². The van der Waals surface area contributed by atoms with Crippen LogP contribution in [0.4, 0.5) is 5.69 Å². The van der Waals surface area contributed by atoms with Gasteiger partial charge in [-0.05, 0) is 25.5 Å². The van der Waals surface area contributed by atoms with Crippen LogP contribution in [0.2, 0.25) is 0 Å². The van der Waals surface area contributed by atoms with Gasteiger partial charge in [0.05, 0.1) is 6.07 Å². The zero-order valence-electron chi connectivity index (χ0n) is 8.54. The zero-order chi connectivity index (χ0) is 10.4. The van der Waals surface area contributed by atoms with Crippen molar-refractivity contribution < 1.29 is 0 Å². The van der Waals surface area contributed by atoms with Gasteiger partial charge in [0.2, 0.25) is 0 Å². The van der Waals surface area contributed by atoms with Gasteiger partial charge in [-0.3, -0.25) is 0 Å². The van der Waals surface area contributed by atoms with Crippen LogP contribution in [-0.2, 0) is 0 Å². The van der Waals surface area contributed by atoms with Crippen LogP contribution in [0, 0.1) is 11.3 Å². The lowest BCUT2D eigenvalue weighted by Gasteiger charge is -2.09. The maximum atomic E-state index is 8.77. The molecule has 72 valence electrons. The molecule has 1 N–H and O–H groups in total. The quantitative estimate of drug-likeness (QED) is 0.735. The minimum atomic E-state index is 0.747. The lowest BCUT2D eigenvalue weighted by atomic mass is 10.2. The van der Waals surface area contributed by atoms with Crippen LogP contribution in [0.25, 0.3) is 0 Å². The van der Waals surface area contributed by atoms with Crippen LogP contribution in [0.3, 0.4) is 0 Å². The topological polar surface area (TPSA) is 35.8 Å². The summed E-state index contributed by atoms with van der Waals surface area (Å²) in [5.41, 5.74) is 2.76. The van der Waals surface area contributed by atoms with E-state index in [2.05, 4.69) is 11.4 Å². The molecule has 0 unspecified atom stereocenters. The van der Waals surface area contributed by atoms with Gasteiger partial charge >= 0.3 is 0 Å². The zero-order valence-corrected chi connectivity index (χ0v) is 8.54. The second-order valence-electron chi connectivity index (χ2n) is 3.06. The van der Waals surface area contributed by atoms with Crippen molar-refractivity contribution in [3.05, 3.63) is 41.6 Å². The molecular formula is C12H14N2. The highest BCUT2D eigenvalue weighted by Gasteiger charge is 1.99. The second-order valence-corrected chi connectivity index (χ2v) is 3.06. The Hall–Kier alpha value is -1.75. The fourth-order valence-electron chi connectivity index (χ4n) is 1.21. The third-order valence-corrected chi connectivity index (χ3v) is 2.04. The highest BCUT2D eigenvalue weighted by Crippen LogP contribution is 2.13. The summed E-state index contributed by atoms with van der Waals surface area (Å²) in [7, 11) is 0. The lowest BCUT2D eigenvalue weighted by molar-refractivity contribution is 1.08. The van der Waals surface area contributed by atoms with E-state index in [1.165, 1.54) is 0 Å². The van der Waals surface area contributed by atoms with Gasteiger partial charge in [0.15, 0.2) is 0 Å². The Bertz CT molecular complexity index is 358. The molecule has 14 heavy (non-hydrogen) atoms. The van der Waals surface area contributed by atoms with Crippen molar-refractivity contribution in [2.75, 3.05) is 5.32 Å². The van der Waals surface area contributed by atoms with E-state index in [9.17, 15) is 0 Å². The molecule has 2 heteroatoms. The predicted molar refractivity (Wildman–Crippen MR) is 58.7 cm³/mol. The number of hydrogen-bond donors (Lipinski definition) is 1. The maximum absolute atomic E-state index is 8.77. The van der Waals surface area contributed by atoms with Crippen molar-refractivity contribution in [2.24, 2.45) is 0 Å². The average Bonchev–Trinajstić information content (AvgIpc) is 2.26. The van der Waals surface area contributed by atoms with Crippen molar-refractivity contribution in [3.8, 4) is 6.07 Å². The molecule has 0 aliphatic carbocycles. The Labute approximate surface area is 84.9 Å². The van der Waals surface area contributed by atoms with Crippen molar-refractivity contribution >= 4 is 5.69 Å². The highest BCUT2D eigenvalue weighted by molar-refractivity contribution is 5.50. The van der Waals surface area contributed by atoms with Gasteiger partial charge in [0.25, 0.3) is 0 Å². The van der Waals surface area contributed by atoms with E-state index in [1.54, 1.807) is 0 Å². The summed E-state index contributed by atoms with van der Waals surface area (Å²) in [6.45, 7) is 3.86. The lowest BCUT2D eigenvalue weighted by Crippen LogP contribution is -2.00. The van der Waals surface area contributed by atoms with Gasteiger partial charge in [0.1, 0.15) is 0 Å². The Morgan fingerprint density at radius 3 is 2.50 bits per heavy atom. The minimum absolute atomic E-state index is 0.747. The maximum Gasteiger partial charge on any atom is 0.0962 e. The first-order chi connectivity index (χ1) is 6.77. The normalized spacial score (nSPS) is 11.5. The molecule has 1 aromatic rings. The minimum Gasteiger partial charge on any atom is -0.358 e. The molecule has 0 fully saturated rings. The number of para-hydroxylation sites is 1. The van der Waals surface area contributed by atoms with Crippen molar-refractivity contribution in [3.63, 3.8) is 0 Å². The number of hydrogen-bond acceptors (Lipinski definition) is 2. The largest absolute Gasteiger partial charge is 0.358 e. The molecule has 0 heterocycles. The van der Waals surface area contributed by atoms with E-state index in [4.69, 9.17) is 5.26 Å². The molecule has 0 saturated heterocycles. The van der Waals surface area contributed by atoms with Crippen LogP contribution >= 0.6 is 0 Å². The highest BCUT2D eigenvalue weighted by atomic mass is 14.9. The van der Waals surface area contributed by atoms with E-state index in [0.717, 1.165) is 23.4 Å². The molecule has 1 rings (SSSR count). The Morgan fingerprint density at radius 1 is 1.36 bits per heavy atom. The number of nitrogens with zero attached hydrogens (tertiary/aromatic N) is 1. The van der Waals surface area contributed by atoms with E-state index < -0.39 is 0 Å². The monoisotopic (exact) mass is 186 g/mol. The summed E-state index contributed by atoms with van der Waals surface area (Å²) in [5, 5.41) is 12.0. The van der Waals surface area contributed by atoms with Gasteiger partial charge in [-0.25, -0.2) is 0 Å². The summed E-state index contributed by atoms with van der Waals surface area (Å²) in [4.78, 5) is 0. The molecule has 0 spiro atoms. The van der Waals surface area contributed by atoms with Gasteiger partial charge in [-0.15, -0.1) is 0 Å². The van der Waals surface area contributed by atoms with E-state index in [1.807, 2.05) is 44.2 Å². The molecule has 0 aliphatic heterocycles. The third kappa shape index (κ3) is 2.63. The standard InChI is InChI=1S/C12H14N2/c1-3-12(10(2)9-13)14-11-7-5-4-6-8-11/h4-8,14H,3H2,1-2H3/b12-10+. The summed E-state index contributed by atoms with van der Waals surface area (Å²) in [6, 6.07) is 12.0. The average molecular weight is 186 g/mol. The molecule has 2 nitrogen and oxygen atoms in total. The number of nitriles is 1. The third-order valence-electron chi connectivity index (χ3n) is 2.04. The molecule has 0 amide bonds. The molecule has 0 aromatic heterocycles. The molecule has 0 aliphatic rings. The van der Waals surface area contributed by atoms with E-state index >= 15 is 0 Å². The van der Waals surface area contributed by atoms with Gasteiger partial charge in [-0.1, -0.05) is 25.1 Å². The Kier molecular flexibility index (Phi) is 3.75. The molecule has 0 atom stereocenters. The van der Waals surface area contributed by atoms with Crippen LogP contribution in [0.15, 0.2) is 41.6 Å².